The number of benzene rings is 1. The molecular weight excluding hydrogens is 329 g/mol. The van der Waals surface area contributed by atoms with Crippen LogP contribution in [0.2, 0.25) is 17.0 Å². The normalized spacial score (nSPS) is 16.3. The lowest BCUT2D eigenvalue weighted by Crippen LogP contribution is -2.51. The molecule has 9 heteroatoms. The van der Waals surface area contributed by atoms with Gasteiger partial charge in [0.05, 0.1) is 5.52 Å². The van der Waals surface area contributed by atoms with Gasteiger partial charge in [0.1, 0.15) is 5.52 Å². The summed E-state index contributed by atoms with van der Waals surface area (Å²) in [6.45, 7) is 4.44. The molecule has 3 rings (SSSR count). The summed E-state index contributed by atoms with van der Waals surface area (Å²) < 4.78 is 13.8. The predicted octanol–water partition coefficient (Wildman–Crippen LogP) is 2.31. The van der Waals surface area contributed by atoms with Crippen LogP contribution in [0.25, 0.3) is 11.0 Å². The van der Waals surface area contributed by atoms with Gasteiger partial charge in [-0.3, -0.25) is 0 Å². The Morgan fingerprint density at radius 2 is 1.86 bits per heavy atom. The van der Waals surface area contributed by atoms with Gasteiger partial charge in [0.25, 0.3) is 0 Å². The van der Waals surface area contributed by atoms with Gasteiger partial charge in [-0.25, -0.2) is 14.4 Å². The predicted molar refractivity (Wildman–Crippen MR) is 87.1 cm³/mol. The summed E-state index contributed by atoms with van der Waals surface area (Å²) in [6, 6.07) is 2.76. The zero-order valence-corrected chi connectivity index (χ0v) is 13.4. The Hall–Kier alpha value is -1.15. The quantitative estimate of drug-likeness (QED) is 0.849. The van der Waals surface area contributed by atoms with Crippen LogP contribution in [0.3, 0.4) is 0 Å². The average molecular weight is 343 g/mol. The Balaban J connectivity index is 1.93. The molecular formula is C13H14BCl2FN4O. The molecule has 0 spiro atoms. The van der Waals surface area contributed by atoms with E-state index in [4.69, 9.17) is 23.2 Å². The van der Waals surface area contributed by atoms with E-state index >= 15 is 0 Å². The molecule has 0 atom stereocenters. The van der Waals surface area contributed by atoms with E-state index in [9.17, 15) is 9.41 Å². The molecule has 1 saturated heterocycles. The topological polar surface area (TPSA) is 52.5 Å². The molecule has 0 saturated carbocycles. The molecule has 1 aliphatic rings. The molecule has 1 aliphatic heterocycles. The number of piperazine rings is 1. The molecule has 0 radical (unpaired) electrons. The summed E-state index contributed by atoms with van der Waals surface area (Å²) >= 11 is 12.0. The van der Waals surface area contributed by atoms with Crippen molar-refractivity contribution in [1.82, 2.24) is 14.8 Å². The van der Waals surface area contributed by atoms with Crippen molar-refractivity contribution in [2.75, 3.05) is 31.1 Å². The zero-order valence-electron chi connectivity index (χ0n) is 11.9. The molecule has 2 aromatic rings. The Labute approximate surface area is 137 Å². The lowest BCUT2D eigenvalue weighted by atomic mass is 9.84. The van der Waals surface area contributed by atoms with Gasteiger partial charge in [-0.2, -0.15) is 0 Å². The minimum atomic E-state index is -0.539. The Kier molecular flexibility index (Phi) is 4.41. The summed E-state index contributed by atoms with van der Waals surface area (Å²) in [7, 11) is -0.479. The second-order valence-corrected chi connectivity index (χ2v) is 6.04. The van der Waals surface area contributed by atoms with E-state index in [1.165, 1.54) is 6.07 Å². The smallest absolute Gasteiger partial charge is 0.376 e. The highest BCUT2D eigenvalue weighted by molar-refractivity contribution is 6.45. The van der Waals surface area contributed by atoms with Gasteiger partial charge < -0.3 is 14.7 Å². The molecule has 1 aromatic heterocycles. The maximum atomic E-state index is 13.8. The highest BCUT2D eigenvalue weighted by atomic mass is 35.5. The third kappa shape index (κ3) is 2.99. The Morgan fingerprint density at radius 1 is 1.18 bits per heavy atom. The van der Waals surface area contributed by atoms with Gasteiger partial charge in [0.15, 0.2) is 16.8 Å². The molecule has 2 heterocycles. The fraction of sp³-hybridized carbons (Fsp3) is 0.385. The first-order valence-electron chi connectivity index (χ1n) is 6.95. The third-order valence-electron chi connectivity index (χ3n) is 3.77. The van der Waals surface area contributed by atoms with Crippen LogP contribution in [0.15, 0.2) is 12.1 Å². The zero-order chi connectivity index (χ0) is 15.9. The summed E-state index contributed by atoms with van der Waals surface area (Å²) in [6.07, 6.45) is 0. The number of nitrogens with zero attached hydrogens (tertiary/aromatic N) is 4. The van der Waals surface area contributed by atoms with Gasteiger partial charge in [0.2, 0.25) is 0 Å². The minimum absolute atomic E-state index is 0.112. The van der Waals surface area contributed by atoms with Gasteiger partial charge >= 0.3 is 7.05 Å². The number of fused-ring (bicyclic) bond motifs is 1. The number of rotatable bonds is 2. The van der Waals surface area contributed by atoms with Crippen LogP contribution in [0.1, 0.15) is 0 Å². The largest absolute Gasteiger partial charge is 0.437 e. The lowest BCUT2D eigenvalue weighted by molar-refractivity contribution is 0.344. The van der Waals surface area contributed by atoms with Crippen LogP contribution in [-0.4, -0.2) is 53.0 Å². The second kappa shape index (κ2) is 6.16. The first kappa shape index (κ1) is 15.7. The van der Waals surface area contributed by atoms with Crippen LogP contribution in [-0.2, 0) is 0 Å². The lowest BCUT2D eigenvalue weighted by Gasteiger charge is -2.36. The second-order valence-electron chi connectivity index (χ2n) is 5.25. The van der Waals surface area contributed by atoms with Crippen molar-refractivity contribution in [2.45, 2.75) is 6.82 Å². The summed E-state index contributed by atoms with van der Waals surface area (Å²) in [4.78, 5) is 12.5. The molecule has 0 amide bonds. The van der Waals surface area contributed by atoms with Crippen molar-refractivity contribution >= 4 is 47.1 Å². The first-order chi connectivity index (χ1) is 10.5. The van der Waals surface area contributed by atoms with Crippen molar-refractivity contribution in [3.05, 3.63) is 28.1 Å². The third-order valence-corrected chi connectivity index (χ3v) is 4.24. The summed E-state index contributed by atoms with van der Waals surface area (Å²) in [5.41, 5.74) is 0.489. The van der Waals surface area contributed by atoms with E-state index in [0.29, 0.717) is 37.5 Å². The van der Waals surface area contributed by atoms with Crippen molar-refractivity contribution in [3.8, 4) is 0 Å². The molecule has 1 aromatic carbocycles. The molecule has 116 valence electrons. The number of aromatic nitrogens is 2. The van der Waals surface area contributed by atoms with Crippen molar-refractivity contribution in [2.24, 2.45) is 0 Å². The molecule has 5 nitrogen and oxygen atoms in total. The molecule has 0 aliphatic carbocycles. The van der Waals surface area contributed by atoms with Crippen LogP contribution < -0.4 is 4.90 Å². The Morgan fingerprint density at radius 3 is 2.50 bits per heavy atom. The maximum absolute atomic E-state index is 13.8. The monoisotopic (exact) mass is 342 g/mol. The van der Waals surface area contributed by atoms with Crippen LogP contribution in [0.5, 0.6) is 0 Å². The highest BCUT2D eigenvalue weighted by Gasteiger charge is 2.25. The van der Waals surface area contributed by atoms with Crippen molar-refractivity contribution in [1.29, 1.82) is 0 Å². The van der Waals surface area contributed by atoms with E-state index in [2.05, 4.69) is 9.97 Å². The van der Waals surface area contributed by atoms with Gasteiger partial charge in [0, 0.05) is 31.2 Å². The fourth-order valence-corrected chi connectivity index (χ4v) is 3.01. The van der Waals surface area contributed by atoms with Crippen LogP contribution in [0, 0.1) is 5.82 Å². The molecule has 1 fully saturated rings. The number of halogens is 3. The fourth-order valence-electron chi connectivity index (χ4n) is 2.57. The first-order valence-corrected chi connectivity index (χ1v) is 7.70. The number of hydrogen-bond donors (Lipinski definition) is 1. The Bertz CT molecular complexity index is 710. The number of hydrogen-bond acceptors (Lipinski definition) is 5. The maximum Gasteiger partial charge on any atom is 0.376 e. The van der Waals surface area contributed by atoms with Crippen LogP contribution >= 0.6 is 23.2 Å². The van der Waals surface area contributed by atoms with E-state index in [1.54, 1.807) is 12.9 Å². The van der Waals surface area contributed by atoms with E-state index in [1.807, 2.05) is 9.71 Å². The molecule has 0 bridgehead atoms. The molecule has 1 N–H and O–H groups in total. The summed E-state index contributed by atoms with van der Waals surface area (Å²) in [5, 5.41) is 10.0. The SMILES string of the molecule is CB(O)N1CCN(c2nc3cc(Cl)cc(F)c3nc2Cl)CC1. The number of anilines is 1. The van der Waals surface area contributed by atoms with Crippen molar-refractivity contribution in [3.63, 3.8) is 0 Å². The van der Waals surface area contributed by atoms with E-state index in [0.717, 1.165) is 0 Å². The molecule has 0 unspecified atom stereocenters. The van der Waals surface area contributed by atoms with Gasteiger partial charge in [-0.15, -0.1) is 0 Å². The van der Waals surface area contributed by atoms with Crippen LogP contribution in [0.4, 0.5) is 10.2 Å². The summed E-state index contributed by atoms with van der Waals surface area (Å²) in [5.74, 6) is -0.0246. The average Bonchev–Trinajstić information content (AvgIpc) is 2.47. The highest BCUT2D eigenvalue weighted by Crippen LogP contribution is 2.28. The van der Waals surface area contributed by atoms with Crippen molar-refractivity contribution < 1.29 is 9.41 Å². The van der Waals surface area contributed by atoms with E-state index in [-0.39, 0.29) is 15.7 Å². The molecule has 22 heavy (non-hydrogen) atoms. The van der Waals surface area contributed by atoms with E-state index < -0.39 is 12.9 Å². The van der Waals surface area contributed by atoms with Gasteiger partial charge in [-0.1, -0.05) is 23.2 Å². The minimum Gasteiger partial charge on any atom is -0.437 e. The van der Waals surface area contributed by atoms with Gasteiger partial charge in [-0.05, 0) is 19.0 Å². The standard InChI is InChI=1S/C13H14BCl2FN4O/c1-14(22)21-4-2-20(3-5-21)13-12(16)19-11-9(17)6-8(15)7-10(11)18-13/h6-7,22H,2-5H2,1H3.